The van der Waals surface area contributed by atoms with Gasteiger partial charge in [0.05, 0.1) is 6.10 Å². The highest BCUT2D eigenvalue weighted by Crippen LogP contribution is 2.26. The molecule has 1 atom stereocenters. The molecule has 1 N–H and O–H groups in total. The number of benzene rings is 1. The van der Waals surface area contributed by atoms with E-state index < -0.39 is 6.10 Å². The Morgan fingerprint density at radius 3 is 2.74 bits per heavy atom. The lowest BCUT2D eigenvalue weighted by atomic mass is 10.1. The van der Waals surface area contributed by atoms with E-state index in [0.717, 1.165) is 19.6 Å². The topological polar surface area (TPSA) is 32.7 Å². The van der Waals surface area contributed by atoms with E-state index in [-0.39, 0.29) is 5.82 Å². The highest BCUT2D eigenvalue weighted by atomic mass is 19.1. The number of likely N-dealkylation sites (tertiary alicyclic amines) is 1. The zero-order valence-corrected chi connectivity index (χ0v) is 11.4. The van der Waals surface area contributed by atoms with Crippen molar-refractivity contribution in [3.8, 4) is 5.75 Å². The van der Waals surface area contributed by atoms with Crippen molar-refractivity contribution in [2.75, 3.05) is 26.2 Å². The van der Waals surface area contributed by atoms with Crippen molar-refractivity contribution in [1.82, 2.24) is 4.90 Å². The summed E-state index contributed by atoms with van der Waals surface area (Å²) in [6.45, 7) is 5.29. The van der Waals surface area contributed by atoms with Gasteiger partial charge in [0.2, 0.25) is 0 Å². The van der Waals surface area contributed by atoms with Gasteiger partial charge < -0.3 is 9.84 Å². The van der Waals surface area contributed by atoms with Gasteiger partial charge in [0.1, 0.15) is 18.2 Å². The fourth-order valence-corrected chi connectivity index (χ4v) is 2.45. The van der Waals surface area contributed by atoms with Crippen LogP contribution in [0.5, 0.6) is 5.75 Å². The van der Waals surface area contributed by atoms with Gasteiger partial charge in [-0.25, -0.2) is 4.39 Å². The van der Waals surface area contributed by atoms with Gasteiger partial charge >= 0.3 is 0 Å². The van der Waals surface area contributed by atoms with Crippen molar-refractivity contribution in [1.29, 1.82) is 0 Å². The van der Waals surface area contributed by atoms with Crippen molar-refractivity contribution < 1.29 is 14.2 Å². The maximum atomic E-state index is 13.2. The van der Waals surface area contributed by atoms with Crippen LogP contribution in [-0.4, -0.2) is 36.2 Å². The monoisotopic (exact) mass is 267 g/mol. The summed E-state index contributed by atoms with van der Waals surface area (Å²) in [7, 11) is 0. The third kappa shape index (κ3) is 4.18. The van der Waals surface area contributed by atoms with Gasteiger partial charge in [-0.2, -0.15) is 0 Å². The van der Waals surface area contributed by atoms with Gasteiger partial charge in [-0.15, -0.1) is 0 Å². The van der Waals surface area contributed by atoms with Crippen LogP contribution in [0, 0.1) is 5.82 Å². The molecule has 0 saturated carbocycles. The molecule has 0 spiro atoms. The minimum atomic E-state index is -0.648. The maximum Gasteiger partial charge on any atom is 0.128 e. The summed E-state index contributed by atoms with van der Waals surface area (Å²) < 4.78 is 18.9. The van der Waals surface area contributed by atoms with Crippen LogP contribution in [0.4, 0.5) is 4.39 Å². The van der Waals surface area contributed by atoms with E-state index in [2.05, 4.69) is 4.90 Å². The number of nitrogens with zero attached hydrogens (tertiary/aromatic N) is 1. The summed E-state index contributed by atoms with van der Waals surface area (Å²) in [6, 6.07) is 4.27. The fourth-order valence-electron chi connectivity index (χ4n) is 2.45. The molecule has 1 aliphatic heterocycles. The molecular weight excluding hydrogens is 245 g/mol. The third-order valence-corrected chi connectivity index (χ3v) is 3.54. The van der Waals surface area contributed by atoms with Crippen LogP contribution in [-0.2, 0) is 0 Å². The molecular formula is C15H22FNO2. The fraction of sp³-hybridized carbons (Fsp3) is 0.600. The standard InChI is InChI=1S/C15H22FNO2/c1-12(18)14-6-5-13(16)11-15(14)19-10-9-17-7-3-2-4-8-17/h5-6,11-12,18H,2-4,7-10H2,1H3/t12-/m0/s1. The lowest BCUT2D eigenvalue weighted by molar-refractivity contribution is 0.171. The van der Waals surface area contributed by atoms with Crippen LogP contribution in [0.2, 0.25) is 0 Å². The summed E-state index contributed by atoms with van der Waals surface area (Å²) in [5.74, 6) is 0.115. The Bertz CT molecular complexity index is 403. The second kappa shape index (κ2) is 6.87. The van der Waals surface area contributed by atoms with Crippen molar-refractivity contribution in [3.05, 3.63) is 29.6 Å². The molecule has 1 aromatic rings. The van der Waals surface area contributed by atoms with Gasteiger partial charge in [-0.3, -0.25) is 4.90 Å². The lowest BCUT2D eigenvalue weighted by Crippen LogP contribution is -2.33. The predicted molar refractivity (Wildman–Crippen MR) is 72.8 cm³/mol. The summed E-state index contributed by atoms with van der Waals surface area (Å²) in [5, 5.41) is 9.63. The van der Waals surface area contributed by atoms with E-state index >= 15 is 0 Å². The number of hydrogen-bond donors (Lipinski definition) is 1. The van der Waals surface area contributed by atoms with Crippen molar-refractivity contribution in [3.63, 3.8) is 0 Å². The molecule has 0 amide bonds. The predicted octanol–water partition coefficient (Wildman–Crippen LogP) is 2.74. The number of aliphatic hydroxyl groups excluding tert-OH is 1. The average Bonchev–Trinajstić information content (AvgIpc) is 2.39. The first-order valence-electron chi connectivity index (χ1n) is 6.99. The smallest absolute Gasteiger partial charge is 0.128 e. The number of piperidine rings is 1. The number of aliphatic hydroxyl groups is 1. The van der Waals surface area contributed by atoms with Crippen LogP contribution in [0.25, 0.3) is 0 Å². The quantitative estimate of drug-likeness (QED) is 0.890. The van der Waals surface area contributed by atoms with E-state index in [1.54, 1.807) is 13.0 Å². The second-order valence-electron chi connectivity index (χ2n) is 5.11. The zero-order chi connectivity index (χ0) is 13.7. The Labute approximate surface area is 114 Å². The molecule has 19 heavy (non-hydrogen) atoms. The van der Waals surface area contributed by atoms with Crippen LogP contribution in [0.15, 0.2) is 18.2 Å². The molecule has 1 fully saturated rings. The molecule has 1 heterocycles. The Balaban J connectivity index is 1.89. The molecule has 4 heteroatoms. The van der Waals surface area contributed by atoms with Gasteiger partial charge in [-0.05, 0) is 45.0 Å². The lowest BCUT2D eigenvalue weighted by Gasteiger charge is -2.26. The van der Waals surface area contributed by atoms with E-state index in [4.69, 9.17) is 4.74 Å². The van der Waals surface area contributed by atoms with Gasteiger partial charge in [0.25, 0.3) is 0 Å². The van der Waals surface area contributed by atoms with Crippen molar-refractivity contribution >= 4 is 0 Å². The largest absolute Gasteiger partial charge is 0.492 e. The SMILES string of the molecule is C[C@H](O)c1ccc(F)cc1OCCN1CCCCC1. The molecule has 2 rings (SSSR count). The van der Waals surface area contributed by atoms with Crippen LogP contribution in [0.3, 0.4) is 0 Å². The minimum absolute atomic E-state index is 0.336. The summed E-state index contributed by atoms with van der Waals surface area (Å²) in [6.07, 6.45) is 3.16. The van der Waals surface area contributed by atoms with E-state index in [9.17, 15) is 9.50 Å². The maximum absolute atomic E-state index is 13.2. The Morgan fingerprint density at radius 1 is 1.32 bits per heavy atom. The van der Waals surface area contributed by atoms with Crippen LogP contribution < -0.4 is 4.74 Å². The summed E-state index contributed by atoms with van der Waals surface area (Å²) in [5.41, 5.74) is 0.639. The average molecular weight is 267 g/mol. The molecule has 106 valence electrons. The highest BCUT2D eigenvalue weighted by Gasteiger charge is 2.12. The first-order valence-corrected chi connectivity index (χ1v) is 6.99. The van der Waals surface area contributed by atoms with E-state index in [1.165, 1.54) is 31.4 Å². The molecule has 3 nitrogen and oxygen atoms in total. The molecule has 0 aliphatic carbocycles. The second-order valence-corrected chi connectivity index (χ2v) is 5.11. The van der Waals surface area contributed by atoms with Crippen LogP contribution in [0.1, 0.15) is 37.9 Å². The number of ether oxygens (including phenoxy) is 1. The Hall–Kier alpha value is -1.13. The molecule has 0 aromatic heterocycles. The molecule has 1 saturated heterocycles. The molecule has 0 bridgehead atoms. The molecule has 1 aliphatic rings. The first kappa shape index (κ1) is 14.3. The van der Waals surface area contributed by atoms with Crippen molar-refractivity contribution in [2.24, 2.45) is 0 Å². The van der Waals surface area contributed by atoms with Gasteiger partial charge in [0, 0.05) is 18.2 Å². The number of halogens is 1. The van der Waals surface area contributed by atoms with Crippen LogP contribution >= 0.6 is 0 Å². The van der Waals surface area contributed by atoms with E-state index in [1.807, 2.05) is 0 Å². The summed E-state index contributed by atoms with van der Waals surface area (Å²) >= 11 is 0. The Kier molecular flexibility index (Phi) is 5.16. The van der Waals surface area contributed by atoms with E-state index in [0.29, 0.717) is 17.9 Å². The third-order valence-electron chi connectivity index (χ3n) is 3.54. The minimum Gasteiger partial charge on any atom is -0.492 e. The number of rotatable bonds is 5. The highest BCUT2D eigenvalue weighted by molar-refractivity contribution is 5.35. The Morgan fingerprint density at radius 2 is 2.05 bits per heavy atom. The van der Waals surface area contributed by atoms with Gasteiger partial charge in [0.15, 0.2) is 0 Å². The molecule has 0 radical (unpaired) electrons. The summed E-state index contributed by atoms with van der Waals surface area (Å²) in [4.78, 5) is 2.37. The number of hydrogen-bond acceptors (Lipinski definition) is 3. The van der Waals surface area contributed by atoms with Crippen molar-refractivity contribution in [2.45, 2.75) is 32.3 Å². The van der Waals surface area contributed by atoms with Gasteiger partial charge in [-0.1, -0.05) is 6.42 Å². The molecule has 0 unspecified atom stereocenters. The molecule has 1 aromatic carbocycles. The normalized spacial score (nSPS) is 18.3. The first-order chi connectivity index (χ1) is 9.16. The zero-order valence-electron chi connectivity index (χ0n) is 11.4.